The number of hydrogen-bond acceptors (Lipinski definition) is 2. The number of alkyl halides is 3. The molecule has 0 aromatic heterocycles. The Hall–Kier alpha value is -1.69. The number of benzene rings is 1. The van der Waals surface area contributed by atoms with E-state index in [1.165, 1.54) is 23.1 Å². The SMILES string of the molecule is O=C(O)/C=C/c1ccc(N(CC(F)(F)F)C2CC2)c(Cl)c1. The van der Waals surface area contributed by atoms with Crippen molar-refractivity contribution in [2.24, 2.45) is 0 Å². The van der Waals surface area contributed by atoms with Crippen LogP contribution < -0.4 is 4.90 Å². The van der Waals surface area contributed by atoms with E-state index >= 15 is 0 Å². The van der Waals surface area contributed by atoms with Gasteiger partial charge < -0.3 is 10.0 Å². The van der Waals surface area contributed by atoms with E-state index in [0.717, 1.165) is 6.08 Å². The van der Waals surface area contributed by atoms with Gasteiger partial charge in [0.25, 0.3) is 0 Å². The highest BCUT2D eigenvalue weighted by Crippen LogP contribution is 2.38. The quantitative estimate of drug-likeness (QED) is 0.835. The van der Waals surface area contributed by atoms with Gasteiger partial charge >= 0.3 is 12.1 Å². The summed E-state index contributed by atoms with van der Waals surface area (Å²) in [7, 11) is 0. The van der Waals surface area contributed by atoms with Crippen molar-refractivity contribution in [1.29, 1.82) is 0 Å². The summed E-state index contributed by atoms with van der Waals surface area (Å²) in [6.45, 7) is -1.04. The molecule has 1 N–H and O–H groups in total. The van der Waals surface area contributed by atoms with Crippen molar-refractivity contribution in [2.75, 3.05) is 11.4 Å². The third kappa shape index (κ3) is 4.67. The molecule has 0 saturated heterocycles. The van der Waals surface area contributed by atoms with Crippen LogP contribution in [0.1, 0.15) is 18.4 Å². The van der Waals surface area contributed by atoms with E-state index in [1.54, 1.807) is 6.07 Å². The Bertz CT molecular complexity index is 568. The molecule has 1 saturated carbocycles. The Morgan fingerprint density at radius 2 is 2.10 bits per heavy atom. The van der Waals surface area contributed by atoms with E-state index in [0.29, 0.717) is 24.1 Å². The zero-order chi connectivity index (χ0) is 15.6. The van der Waals surface area contributed by atoms with Crippen molar-refractivity contribution in [2.45, 2.75) is 25.1 Å². The van der Waals surface area contributed by atoms with Gasteiger partial charge in [0, 0.05) is 12.1 Å². The molecule has 0 radical (unpaired) electrons. The highest BCUT2D eigenvalue weighted by atomic mass is 35.5. The highest BCUT2D eigenvalue weighted by Gasteiger charge is 2.38. The van der Waals surface area contributed by atoms with E-state index in [4.69, 9.17) is 16.7 Å². The average molecular weight is 320 g/mol. The fraction of sp³-hybridized carbons (Fsp3) is 0.357. The number of carboxylic acid groups (broad SMARTS) is 1. The molecule has 1 aromatic rings. The molecule has 0 spiro atoms. The minimum Gasteiger partial charge on any atom is -0.478 e. The molecular formula is C14H13ClF3NO2. The van der Waals surface area contributed by atoms with Crippen molar-refractivity contribution in [3.05, 3.63) is 34.9 Å². The van der Waals surface area contributed by atoms with Gasteiger partial charge in [-0.25, -0.2) is 4.79 Å². The predicted molar refractivity (Wildman–Crippen MR) is 74.5 cm³/mol. The van der Waals surface area contributed by atoms with Crippen LogP contribution >= 0.6 is 11.6 Å². The third-order valence-corrected chi connectivity index (χ3v) is 3.34. The summed E-state index contributed by atoms with van der Waals surface area (Å²) in [6.07, 6.45) is -0.586. The van der Waals surface area contributed by atoms with Crippen LogP contribution in [0.5, 0.6) is 0 Å². The lowest BCUT2D eigenvalue weighted by Gasteiger charge is -2.27. The first-order chi connectivity index (χ1) is 9.76. The number of carboxylic acids is 1. The fourth-order valence-corrected chi connectivity index (χ4v) is 2.32. The molecule has 1 aliphatic rings. The van der Waals surface area contributed by atoms with Crippen LogP contribution in [0.3, 0.4) is 0 Å². The monoisotopic (exact) mass is 319 g/mol. The van der Waals surface area contributed by atoms with Crippen LogP contribution in [-0.4, -0.2) is 29.8 Å². The van der Waals surface area contributed by atoms with Crippen molar-refractivity contribution >= 4 is 29.3 Å². The largest absolute Gasteiger partial charge is 0.478 e. The molecule has 1 aromatic carbocycles. The number of halogens is 4. The molecule has 0 amide bonds. The van der Waals surface area contributed by atoms with Gasteiger partial charge in [-0.3, -0.25) is 0 Å². The fourth-order valence-electron chi connectivity index (χ4n) is 2.02. The molecule has 0 bridgehead atoms. The van der Waals surface area contributed by atoms with Crippen LogP contribution in [-0.2, 0) is 4.79 Å². The van der Waals surface area contributed by atoms with Crippen molar-refractivity contribution in [3.63, 3.8) is 0 Å². The second-order valence-corrected chi connectivity index (χ2v) is 5.26. The van der Waals surface area contributed by atoms with Crippen LogP contribution in [0, 0.1) is 0 Å². The molecule has 7 heteroatoms. The van der Waals surface area contributed by atoms with Crippen molar-refractivity contribution in [3.8, 4) is 0 Å². The first-order valence-corrected chi connectivity index (χ1v) is 6.68. The summed E-state index contributed by atoms with van der Waals surface area (Å²) in [5.41, 5.74) is 0.845. The molecule has 0 unspecified atom stereocenters. The number of rotatable bonds is 5. The molecule has 0 atom stereocenters. The molecule has 0 heterocycles. The maximum Gasteiger partial charge on any atom is 0.405 e. The van der Waals surface area contributed by atoms with Crippen LogP contribution in [0.25, 0.3) is 6.08 Å². The lowest BCUT2D eigenvalue weighted by atomic mass is 10.1. The van der Waals surface area contributed by atoms with E-state index in [2.05, 4.69) is 0 Å². The molecule has 1 aliphatic carbocycles. The Balaban J connectivity index is 2.23. The van der Waals surface area contributed by atoms with Gasteiger partial charge in [0.05, 0.1) is 10.7 Å². The minimum atomic E-state index is -4.30. The number of anilines is 1. The lowest BCUT2D eigenvalue weighted by Crippen LogP contribution is -2.36. The Kier molecular flexibility index (Phi) is 4.46. The topological polar surface area (TPSA) is 40.5 Å². The lowest BCUT2D eigenvalue weighted by molar-refractivity contribution is -0.131. The smallest absolute Gasteiger partial charge is 0.405 e. The number of carbonyl (C=O) groups is 1. The summed E-state index contributed by atoms with van der Waals surface area (Å²) in [4.78, 5) is 11.7. The van der Waals surface area contributed by atoms with Crippen LogP contribution in [0.15, 0.2) is 24.3 Å². The average Bonchev–Trinajstić information content (AvgIpc) is 3.17. The first-order valence-electron chi connectivity index (χ1n) is 6.30. The summed E-state index contributed by atoms with van der Waals surface area (Å²) in [5.74, 6) is -1.10. The molecule has 0 aliphatic heterocycles. The molecule has 2 rings (SSSR count). The molecule has 1 fully saturated rings. The van der Waals surface area contributed by atoms with E-state index in [-0.39, 0.29) is 11.1 Å². The van der Waals surface area contributed by atoms with Crippen LogP contribution in [0.4, 0.5) is 18.9 Å². The van der Waals surface area contributed by atoms with Gasteiger partial charge in [-0.05, 0) is 36.6 Å². The summed E-state index contributed by atoms with van der Waals surface area (Å²) < 4.78 is 37.9. The molecule has 21 heavy (non-hydrogen) atoms. The van der Waals surface area contributed by atoms with Gasteiger partial charge in [-0.2, -0.15) is 13.2 Å². The Morgan fingerprint density at radius 1 is 1.43 bits per heavy atom. The number of hydrogen-bond donors (Lipinski definition) is 1. The van der Waals surface area contributed by atoms with Gasteiger partial charge in [-0.15, -0.1) is 0 Å². The summed E-state index contributed by atoms with van der Waals surface area (Å²) in [6, 6.07) is 4.37. The number of nitrogens with zero attached hydrogens (tertiary/aromatic N) is 1. The maximum atomic E-state index is 12.6. The number of aliphatic carboxylic acids is 1. The second kappa shape index (κ2) is 5.97. The first kappa shape index (κ1) is 15.7. The van der Waals surface area contributed by atoms with E-state index in [1.807, 2.05) is 0 Å². The highest BCUT2D eigenvalue weighted by molar-refractivity contribution is 6.33. The van der Waals surface area contributed by atoms with E-state index in [9.17, 15) is 18.0 Å². The molecule has 114 valence electrons. The maximum absolute atomic E-state index is 12.6. The van der Waals surface area contributed by atoms with Gasteiger partial charge in [0.2, 0.25) is 0 Å². The Morgan fingerprint density at radius 3 is 2.57 bits per heavy atom. The summed E-state index contributed by atoms with van der Waals surface area (Å²) in [5, 5.41) is 8.72. The minimum absolute atomic E-state index is 0.135. The molecule has 3 nitrogen and oxygen atoms in total. The van der Waals surface area contributed by atoms with Gasteiger partial charge in [-0.1, -0.05) is 17.7 Å². The van der Waals surface area contributed by atoms with Gasteiger partial charge in [0.1, 0.15) is 6.54 Å². The molecular weight excluding hydrogens is 307 g/mol. The van der Waals surface area contributed by atoms with Crippen LogP contribution in [0.2, 0.25) is 5.02 Å². The zero-order valence-corrected chi connectivity index (χ0v) is 11.7. The predicted octanol–water partition coefficient (Wildman–Crippen LogP) is 3.97. The standard InChI is InChI=1S/C14H13ClF3NO2/c15-11-7-9(2-6-13(20)21)1-5-12(11)19(10-3-4-10)8-14(16,17)18/h1-2,5-7,10H,3-4,8H2,(H,20,21)/b6-2+. The second-order valence-electron chi connectivity index (χ2n) is 4.86. The zero-order valence-electron chi connectivity index (χ0n) is 10.9. The Labute approximate surface area is 124 Å². The van der Waals surface area contributed by atoms with E-state index < -0.39 is 18.7 Å². The van der Waals surface area contributed by atoms with Crippen molar-refractivity contribution in [1.82, 2.24) is 0 Å². The van der Waals surface area contributed by atoms with Crippen molar-refractivity contribution < 1.29 is 23.1 Å². The normalized spacial score (nSPS) is 15.4. The summed E-state index contributed by atoms with van der Waals surface area (Å²) >= 11 is 6.05. The van der Waals surface area contributed by atoms with Gasteiger partial charge in [0.15, 0.2) is 0 Å². The third-order valence-electron chi connectivity index (χ3n) is 3.04.